The van der Waals surface area contributed by atoms with E-state index in [-0.39, 0.29) is 5.91 Å². The van der Waals surface area contributed by atoms with Crippen molar-refractivity contribution in [3.63, 3.8) is 0 Å². The number of hydrogen-bond acceptors (Lipinski definition) is 1. The molecule has 20 heavy (non-hydrogen) atoms. The molecule has 0 saturated heterocycles. The standard InChI is InChI=1S/C15H12BrClFNO/c1-8-5-10(17)3-4-11(8)15(20)19-14-7-13(18)12(16)6-9(14)2/h3-7H,1-2H3,(H,19,20). The third-order valence-electron chi connectivity index (χ3n) is 2.95. The molecule has 0 radical (unpaired) electrons. The summed E-state index contributed by atoms with van der Waals surface area (Å²) in [5.41, 5.74) is 2.51. The molecule has 0 unspecified atom stereocenters. The Morgan fingerprint density at radius 2 is 1.90 bits per heavy atom. The van der Waals surface area contributed by atoms with Gasteiger partial charge in [0.1, 0.15) is 5.82 Å². The first kappa shape index (κ1) is 15.0. The zero-order chi connectivity index (χ0) is 14.9. The Balaban J connectivity index is 2.30. The van der Waals surface area contributed by atoms with Gasteiger partial charge in [-0.1, -0.05) is 11.6 Å². The van der Waals surface area contributed by atoms with Crippen LogP contribution in [0.25, 0.3) is 0 Å². The maximum Gasteiger partial charge on any atom is 0.255 e. The van der Waals surface area contributed by atoms with Crippen LogP contribution in [0.2, 0.25) is 5.02 Å². The minimum atomic E-state index is -0.418. The summed E-state index contributed by atoms with van der Waals surface area (Å²) in [5.74, 6) is -0.706. The summed E-state index contributed by atoms with van der Waals surface area (Å²) in [6.07, 6.45) is 0. The van der Waals surface area contributed by atoms with Gasteiger partial charge in [0.05, 0.1) is 4.47 Å². The van der Waals surface area contributed by atoms with E-state index in [0.717, 1.165) is 11.1 Å². The number of aryl methyl sites for hydroxylation is 2. The van der Waals surface area contributed by atoms with Crippen LogP contribution in [0.5, 0.6) is 0 Å². The van der Waals surface area contributed by atoms with Crippen molar-refractivity contribution in [3.05, 3.63) is 62.3 Å². The summed E-state index contributed by atoms with van der Waals surface area (Å²) < 4.78 is 13.9. The van der Waals surface area contributed by atoms with Gasteiger partial charge in [-0.2, -0.15) is 0 Å². The van der Waals surface area contributed by atoms with E-state index in [0.29, 0.717) is 20.7 Å². The summed E-state index contributed by atoms with van der Waals surface area (Å²) in [7, 11) is 0. The highest BCUT2D eigenvalue weighted by Gasteiger charge is 2.12. The number of halogens is 3. The zero-order valence-electron chi connectivity index (χ0n) is 10.9. The molecule has 0 saturated carbocycles. The summed E-state index contributed by atoms with van der Waals surface area (Å²) in [6.45, 7) is 3.60. The lowest BCUT2D eigenvalue weighted by atomic mass is 10.1. The van der Waals surface area contributed by atoms with Crippen molar-refractivity contribution in [2.45, 2.75) is 13.8 Å². The summed E-state index contributed by atoms with van der Waals surface area (Å²) in [5, 5.41) is 3.29. The van der Waals surface area contributed by atoms with Crippen LogP contribution < -0.4 is 5.32 Å². The fourth-order valence-electron chi connectivity index (χ4n) is 1.85. The van der Waals surface area contributed by atoms with Crippen LogP contribution in [0, 0.1) is 19.7 Å². The van der Waals surface area contributed by atoms with E-state index in [4.69, 9.17) is 11.6 Å². The molecule has 0 spiro atoms. The van der Waals surface area contributed by atoms with E-state index in [1.54, 1.807) is 38.1 Å². The summed E-state index contributed by atoms with van der Waals surface area (Å²) >= 11 is 8.97. The summed E-state index contributed by atoms with van der Waals surface area (Å²) in [4.78, 5) is 12.2. The van der Waals surface area contributed by atoms with Crippen molar-refractivity contribution in [2.75, 3.05) is 5.32 Å². The maximum atomic E-state index is 13.5. The third-order valence-corrected chi connectivity index (χ3v) is 3.79. The monoisotopic (exact) mass is 355 g/mol. The molecule has 2 aromatic carbocycles. The first-order valence-corrected chi connectivity index (χ1v) is 7.08. The highest BCUT2D eigenvalue weighted by molar-refractivity contribution is 9.10. The van der Waals surface area contributed by atoms with Crippen molar-refractivity contribution >= 4 is 39.1 Å². The van der Waals surface area contributed by atoms with Gasteiger partial charge in [-0.3, -0.25) is 4.79 Å². The Morgan fingerprint density at radius 1 is 1.20 bits per heavy atom. The number of hydrogen-bond donors (Lipinski definition) is 1. The van der Waals surface area contributed by atoms with Crippen molar-refractivity contribution in [1.82, 2.24) is 0 Å². The molecular formula is C15H12BrClFNO. The zero-order valence-corrected chi connectivity index (χ0v) is 13.3. The molecule has 0 aromatic heterocycles. The Morgan fingerprint density at radius 3 is 2.55 bits per heavy atom. The van der Waals surface area contributed by atoms with Crippen LogP contribution in [-0.4, -0.2) is 5.91 Å². The van der Waals surface area contributed by atoms with Gasteiger partial charge in [0.2, 0.25) is 0 Å². The Hall–Kier alpha value is -1.39. The average Bonchev–Trinajstić information content (AvgIpc) is 2.35. The van der Waals surface area contributed by atoms with E-state index < -0.39 is 5.82 Å². The topological polar surface area (TPSA) is 29.1 Å². The normalized spacial score (nSPS) is 10.4. The highest BCUT2D eigenvalue weighted by atomic mass is 79.9. The second-order valence-corrected chi connectivity index (χ2v) is 5.79. The molecule has 2 rings (SSSR count). The average molecular weight is 357 g/mol. The Kier molecular flexibility index (Phi) is 4.45. The van der Waals surface area contributed by atoms with Gasteiger partial charge in [0.25, 0.3) is 5.91 Å². The smallest absolute Gasteiger partial charge is 0.255 e. The molecule has 104 valence electrons. The second-order valence-electron chi connectivity index (χ2n) is 4.49. The van der Waals surface area contributed by atoms with Gasteiger partial charge in [-0.25, -0.2) is 4.39 Å². The van der Waals surface area contributed by atoms with Gasteiger partial charge in [-0.05, 0) is 71.2 Å². The Bertz CT molecular complexity index is 688. The summed E-state index contributed by atoms with van der Waals surface area (Å²) in [6, 6.07) is 7.93. The van der Waals surface area contributed by atoms with Gasteiger partial charge < -0.3 is 5.32 Å². The molecule has 5 heteroatoms. The number of nitrogens with one attached hydrogen (secondary N) is 1. The first-order chi connectivity index (χ1) is 9.38. The molecule has 0 aliphatic rings. The molecule has 0 heterocycles. The van der Waals surface area contributed by atoms with Crippen LogP contribution in [0.1, 0.15) is 21.5 Å². The van der Waals surface area contributed by atoms with Gasteiger partial charge in [0, 0.05) is 16.3 Å². The van der Waals surface area contributed by atoms with Crippen LogP contribution in [-0.2, 0) is 0 Å². The first-order valence-electron chi connectivity index (χ1n) is 5.91. The third kappa shape index (κ3) is 3.19. The molecule has 2 nitrogen and oxygen atoms in total. The fourth-order valence-corrected chi connectivity index (χ4v) is 2.54. The van der Waals surface area contributed by atoms with Crippen molar-refractivity contribution < 1.29 is 9.18 Å². The van der Waals surface area contributed by atoms with Gasteiger partial charge >= 0.3 is 0 Å². The number of amides is 1. The van der Waals surface area contributed by atoms with Crippen molar-refractivity contribution in [1.29, 1.82) is 0 Å². The number of rotatable bonds is 2. The molecule has 2 aromatic rings. The second kappa shape index (κ2) is 5.94. The van der Waals surface area contributed by atoms with Gasteiger partial charge in [-0.15, -0.1) is 0 Å². The van der Waals surface area contributed by atoms with Crippen LogP contribution in [0.4, 0.5) is 10.1 Å². The highest BCUT2D eigenvalue weighted by Crippen LogP contribution is 2.25. The van der Waals surface area contributed by atoms with Crippen LogP contribution in [0.15, 0.2) is 34.8 Å². The molecule has 0 fully saturated rings. The molecule has 0 bridgehead atoms. The molecular weight excluding hydrogens is 345 g/mol. The van der Waals surface area contributed by atoms with Crippen LogP contribution in [0.3, 0.4) is 0 Å². The van der Waals surface area contributed by atoms with Gasteiger partial charge in [0.15, 0.2) is 0 Å². The molecule has 0 aliphatic carbocycles. The molecule has 0 atom stereocenters. The largest absolute Gasteiger partial charge is 0.322 e. The predicted molar refractivity (Wildman–Crippen MR) is 83.0 cm³/mol. The maximum absolute atomic E-state index is 13.5. The minimum Gasteiger partial charge on any atom is -0.322 e. The lowest BCUT2D eigenvalue weighted by Crippen LogP contribution is -2.14. The van der Waals surface area contributed by atoms with E-state index in [1.165, 1.54) is 6.07 Å². The number of anilines is 1. The number of carbonyl (C=O) groups excluding carboxylic acids is 1. The van der Waals surface area contributed by atoms with Crippen molar-refractivity contribution in [2.24, 2.45) is 0 Å². The van der Waals surface area contributed by atoms with Crippen LogP contribution >= 0.6 is 27.5 Å². The van der Waals surface area contributed by atoms with E-state index in [1.807, 2.05) is 0 Å². The predicted octanol–water partition coefficient (Wildman–Crippen LogP) is 5.11. The SMILES string of the molecule is Cc1cc(Br)c(F)cc1NC(=O)c1ccc(Cl)cc1C. The molecule has 1 N–H and O–H groups in total. The van der Waals surface area contributed by atoms with E-state index in [9.17, 15) is 9.18 Å². The Labute approximate surface area is 130 Å². The van der Waals surface area contributed by atoms with E-state index >= 15 is 0 Å². The minimum absolute atomic E-state index is 0.288. The fraction of sp³-hybridized carbons (Fsp3) is 0.133. The number of carbonyl (C=O) groups is 1. The quantitative estimate of drug-likeness (QED) is 0.796. The number of benzene rings is 2. The molecule has 1 amide bonds. The van der Waals surface area contributed by atoms with E-state index in [2.05, 4.69) is 21.2 Å². The lowest BCUT2D eigenvalue weighted by Gasteiger charge is -2.11. The lowest BCUT2D eigenvalue weighted by molar-refractivity contribution is 0.102. The molecule has 0 aliphatic heterocycles. The van der Waals surface area contributed by atoms with Crippen molar-refractivity contribution in [3.8, 4) is 0 Å².